The Labute approximate surface area is 375 Å². The van der Waals surface area contributed by atoms with Gasteiger partial charge in [-0.25, -0.2) is 0 Å². The molecule has 0 saturated heterocycles. The van der Waals surface area contributed by atoms with Crippen molar-refractivity contribution < 1.29 is 8.83 Å². The van der Waals surface area contributed by atoms with Crippen molar-refractivity contribution in [3.05, 3.63) is 253 Å². The van der Waals surface area contributed by atoms with Crippen molar-refractivity contribution >= 4 is 78.0 Å². The molecule has 4 heteroatoms. The standard InChI is InChI=1S/C61H38N2O2/c1-3-16-39(17-4-1)62(43-32-35-49-48-22-9-13-27-56(48)65-59(49)38-43)41-30-33-46-47-34-31-42(37-54(47)61(53(46)36-41)51-24-11-7-20-44(51)45-21-8-12-25-52(45)61)63(40-18-5-2-6-19-40)55-26-15-29-58-60(55)50-23-10-14-28-57(50)64-58/h1-38H. The van der Waals surface area contributed by atoms with Gasteiger partial charge in [-0.05, 0) is 129 Å². The fourth-order valence-electron chi connectivity index (χ4n) is 11.2. The zero-order valence-corrected chi connectivity index (χ0v) is 35.2. The average Bonchev–Trinajstić information content (AvgIpc) is 4.10. The van der Waals surface area contributed by atoms with Gasteiger partial charge in [0, 0.05) is 50.7 Å². The van der Waals surface area contributed by atoms with Crippen LogP contribution in [0, 0.1) is 0 Å². The summed E-state index contributed by atoms with van der Waals surface area (Å²) >= 11 is 0. The highest BCUT2D eigenvalue weighted by Crippen LogP contribution is 2.64. The first-order valence-electron chi connectivity index (χ1n) is 22.2. The van der Waals surface area contributed by atoms with E-state index < -0.39 is 5.41 Å². The molecular weight excluding hydrogens is 793 g/mol. The number of anilines is 6. The van der Waals surface area contributed by atoms with Crippen LogP contribution in [0.2, 0.25) is 0 Å². The van der Waals surface area contributed by atoms with E-state index in [1.165, 1.54) is 44.5 Å². The minimum absolute atomic E-state index is 0.606. The van der Waals surface area contributed by atoms with E-state index in [0.717, 1.165) is 78.0 Å². The lowest BCUT2D eigenvalue weighted by molar-refractivity contribution is 0.668. The van der Waals surface area contributed by atoms with Crippen LogP contribution in [0.3, 0.4) is 0 Å². The van der Waals surface area contributed by atoms with Gasteiger partial charge in [-0.2, -0.15) is 0 Å². The highest BCUT2D eigenvalue weighted by atomic mass is 16.3. The predicted molar refractivity (Wildman–Crippen MR) is 267 cm³/mol. The maximum absolute atomic E-state index is 6.48. The molecule has 0 N–H and O–H groups in total. The molecule has 0 aliphatic heterocycles. The van der Waals surface area contributed by atoms with Gasteiger partial charge in [-0.15, -0.1) is 0 Å². The maximum Gasteiger partial charge on any atom is 0.137 e. The van der Waals surface area contributed by atoms with Crippen LogP contribution >= 0.6 is 0 Å². The lowest BCUT2D eigenvalue weighted by Crippen LogP contribution is -2.26. The van der Waals surface area contributed by atoms with Gasteiger partial charge in [0.2, 0.25) is 0 Å². The van der Waals surface area contributed by atoms with Crippen LogP contribution in [0.25, 0.3) is 66.1 Å². The second kappa shape index (κ2) is 13.7. The largest absolute Gasteiger partial charge is 0.456 e. The van der Waals surface area contributed by atoms with E-state index in [4.69, 9.17) is 8.83 Å². The second-order valence-electron chi connectivity index (χ2n) is 17.2. The summed E-state index contributed by atoms with van der Waals surface area (Å²) in [6.45, 7) is 0. The number of fused-ring (bicyclic) bond motifs is 16. The highest BCUT2D eigenvalue weighted by molar-refractivity contribution is 6.13. The van der Waals surface area contributed by atoms with Gasteiger partial charge in [0.1, 0.15) is 22.3 Å². The van der Waals surface area contributed by atoms with Gasteiger partial charge in [0.15, 0.2) is 0 Å². The predicted octanol–water partition coefficient (Wildman–Crippen LogP) is 16.8. The summed E-state index contributed by atoms with van der Waals surface area (Å²) in [5.41, 5.74) is 19.4. The SMILES string of the molecule is c1ccc(N(c2ccc3c(c2)C2(c4ccccc4-c4ccccc42)c2cc(N(c4ccccc4)c4cccc5oc6ccccc6c45)ccc2-3)c2ccc3c(c2)oc2ccccc23)cc1. The first kappa shape index (κ1) is 35.9. The average molecular weight is 831 g/mol. The van der Waals surface area contributed by atoms with E-state index in [9.17, 15) is 0 Å². The lowest BCUT2D eigenvalue weighted by Gasteiger charge is -2.33. The number of rotatable bonds is 6. The zero-order chi connectivity index (χ0) is 42.6. The molecule has 2 heterocycles. The zero-order valence-electron chi connectivity index (χ0n) is 35.2. The van der Waals surface area contributed by atoms with E-state index in [1.54, 1.807) is 0 Å². The number of hydrogen-bond donors (Lipinski definition) is 0. The molecule has 2 aliphatic rings. The molecule has 10 aromatic carbocycles. The molecule has 1 spiro atoms. The van der Waals surface area contributed by atoms with Gasteiger partial charge >= 0.3 is 0 Å². The van der Waals surface area contributed by atoms with Crippen LogP contribution in [0.1, 0.15) is 22.3 Å². The molecule has 0 amide bonds. The number of nitrogens with zero attached hydrogens (tertiary/aromatic N) is 2. The molecule has 2 aromatic heterocycles. The molecular formula is C61H38N2O2. The molecule has 0 radical (unpaired) electrons. The second-order valence-corrected chi connectivity index (χ2v) is 17.2. The molecule has 12 aromatic rings. The topological polar surface area (TPSA) is 32.8 Å². The van der Waals surface area contributed by atoms with Crippen LogP contribution in [0.4, 0.5) is 34.1 Å². The Bertz CT molecular complexity index is 3820. The van der Waals surface area contributed by atoms with Crippen LogP contribution in [0.15, 0.2) is 239 Å². The van der Waals surface area contributed by atoms with Crippen molar-refractivity contribution in [2.75, 3.05) is 9.80 Å². The van der Waals surface area contributed by atoms with E-state index >= 15 is 0 Å². The molecule has 0 fully saturated rings. The molecule has 2 aliphatic carbocycles. The Morgan fingerprint density at radius 2 is 0.738 bits per heavy atom. The Kier molecular flexibility index (Phi) is 7.57. The van der Waals surface area contributed by atoms with Gasteiger partial charge in [-0.1, -0.05) is 140 Å². The third kappa shape index (κ3) is 5.08. The molecule has 0 atom stereocenters. The van der Waals surface area contributed by atoms with Crippen molar-refractivity contribution in [2.24, 2.45) is 0 Å². The normalized spacial score (nSPS) is 13.0. The Morgan fingerprint density at radius 1 is 0.277 bits per heavy atom. The van der Waals surface area contributed by atoms with E-state index in [-0.39, 0.29) is 0 Å². The number of furan rings is 2. The first-order valence-corrected chi connectivity index (χ1v) is 22.2. The monoisotopic (exact) mass is 830 g/mol. The first-order chi connectivity index (χ1) is 32.2. The van der Waals surface area contributed by atoms with E-state index in [1.807, 2.05) is 18.2 Å². The molecule has 304 valence electrons. The summed E-state index contributed by atoms with van der Waals surface area (Å²) in [5, 5.41) is 4.42. The molecule has 14 rings (SSSR count). The number of hydrogen-bond acceptors (Lipinski definition) is 4. The van der Waals surface area contributed by atoms with Crippen molar-refractivity contribution in [2.45, 2.75) is 5.41 Å². The van der Waals surface area contributed by atoms with Gasteiger partial charge in [0.25, 0.3) is 0 Å². The van der Waals surface area contributed by atoms with Crippen LogP contribution in [0.5, 0.6) is 0 Å². The summed E-state index contributed by atoms with van der Waals surface area (Å²) < 4.78 is 13.0. The minimum atomic E-state index is -0.606. The minimum Gasteiger partial charge on any atom is -0.456 e. The maximum atomic E-state index is 6.48. The molecule has 0 saturated carbocycles. The van der Waals surface area contributed by atoms with Crippen molar-refractivity contribution in [3.63, 3.8) is 0 Å². The van der Waals surface area contributed by atoms with Crippen LogP contribution in [-0.2, 0) is 5.41 Å². The Balaban J connectivity index is 1.02. The summed E-state index contributed by atoms with van der Waals surface area (Å²) in [4.78, 5) is 4.78. The highest BCUT2D eigenvalue weighted by Gasteiger charge is 2.52. The Hall–Kier alpha value is -8.60. The molecule has 65 heavy (non-hydrogen) atoms. The van der Waals surface area contributed by atoms with Gasteiger partial charge in [0.05, 0.1) is 16.5 Å². The molecule has 4 nitrogen and oxygen atoms in total. The van der Waals surface area contributed by atoms with Crippen molar-refractivity contribution in [3.8, 4) is 22.3 Å². The summed E-state index contributed by atoms with van der Waals surface area (Å²) in [6.07, 6.45) is 0. The van der Waals surface area contributed by atoms with Gasteiger partial charge in [-0.3, -0.25) is 0 Å². The van der Waals surface area contributed by atoms with Crippen molar-refractivity contribution in [1.82, 2.24) is 0 Å². The third-order valence-electron chi connectivity index (χ3n) is 13.8. The molecule has 0 bridgehead atoms. The third-order valence-corrected chi connectivity index (χ3v) is 13.8. The molecule has 0 unspecified atom stereocenters. The summed E-state index contributed by atoms with van der Waals surface area (Å²) in [5.74, 6) is 0. The Morgan fingerprint density at radius 3 is 1.42 bits per heavy atom. The summed E-state index contributed by atoms with van der Waals surface area (Å²) in [6, 6.07) is 83.4. The quantitative estimate of drug-likeness (QED) is 0.167. The van der Waals surface area contributed by atoms with E-state index in [0.29, 0.717) is 0 Å². The van der Waals surface area contributed by atoms with Crippen LogP contribution < -0.4 is 9.80 Å². The number of para-hydroxylation sites is 4. The van der Waals surface area contributed by atoms with Crippen LogP contribution in [-0.4, -0.2) is 0 Å². The van der Waals surface area contributed by atoms with Crippen molar-refractivity contribution in [1.29, 1.82) is 0 Å². The smallest absolute Gasteiger partial charge is 0.137 e. The fraction of sp³-hybridized carbons (Fsp3) is 0.0164. The number of benzene rings is 10. The summed E-state index contributed by atoms with van der Waals surface area (Å²) in [7, 11) is 0. The van der Waals surface area contributed by atoms with Gasteiger partial charge < -0.3 is 18.6 Å². The van der Waals surface area contributed by atoms with E-state index in [2.05, 4.69) is 222 Å². The lowest BCUT2D eigenvalue weighted by atomic mass is 9.70. The fourth-order valence-corrected chi connectivity index (χ4v) is 11.2.